The van der Waals surface area contributed by atoms with Crippen LogP contribution in [0.1, 0.15) is 20.7 Å². The second-order valence-electron chi connectivity index (χ2n) is 4.60. The molecule has 3 aromatic rings. The summed E-state index contributed by atoms with van der Waals surface area (Å²) in [6, 6.07) is 27.4. The molecule has 2 heteroatoms. The maximum absolute atomic E-state index is 10.2. The van der Waals surface area contributed by atoms with E-state index in [4.69, 9.17) is 0 Å². The van der Waals surface area contributed by atoms with Crippen molar-refractivity contribution in [1.82, 2.24) is 0 Å². The molecule has 3 aromatic carbocycles. The summed E-state index contributed by atoms with van der Waals surface area (Å²) in [5.74, 6) is 0. The quantitative estimate of drug-likeness (QED) is 0.656. The molecule has 0 N–H and O–H groups in total. The molecule has 108 valence electrons. The van der Waals surface area contributed by atoms with Crippen molar-refractivity contribution in [3.8, 4) is 11.1 Å². The fourth-order valence-electron chi connectivity index (χ4n) is 1.99. The SMILES string of the molecule is O=Cc1ccccc1C=O.c1ccc(-c2ccccc2)cc1. The van der Waals surface area contributed by atoms with Crippen LogP contribution in [0.25, 0.3) is 11.1 Å². The molecule has 0 unspecified atom stereocenters. The molecule has 0 saturated carbocycles. The van der Waals surface area contributed by atoms with Crippen LogP contribution < -0.4 is 0 Å². The lowest BCUT2D eigenvalue weighted by Gasteiger charge is -1.98. The fourth-order valence-corrected chi connectivity index (χ4v) is 1.99. The van der Waals surface area contributed by atoms with E-state index in [9.17, 15) is 9.59 Å². The number of carbonyl (C=O) groups is 2. The average Bonchev–Trinajstić information content (AvgIpc) is 2.63. The zero-order valence-corrected chi connectivity index (χ0v) is 12.1. The maximum atomic E-state index is 10.2. The van der Waals surface area contributed by atoms with Gasteiger partial charge in [0.1, 0.15) is 0 Å². The van der Waals surface area contributed by atoms with Gasteiger partial charge in [0.05, 0.1) is 0 Å². The molecule has 0 aliphatic heterocycles. The number of carbonyl (C=O) groups excluding carboxylic acids is 2. The Morgan fingerprint density at radius 1 is 0.455 bits per heavy atom. The third kappa shape index (κ3) is 4.25. The predicted octanol–water partition coefficient (Wildman–Crippen LogP) is 4.67. The van der Waals surface area contributed by atoms with Gasteiger partial charge in [-0.05, 0) is 11.1 Å². The van der Waals surface area contributed by atoms with Crippen LogP contribution >= 0.6 is 0 Å². The van der Waals surface area contributed by atoms with Gasteiger partial charge in [-0.25, -0.2) is 0 Å². The molecular weight excluding hydrogens is 272 g/mol. The van der Waals surface area contributed by atoms with Gasteiger partial charge in [-0.2, -0.15) is 0 Å². The largest absolute Gasteiger partial charge is 0.298 e. The summed E-state index contributed by atoms with van der Waals surface area (Å²) in [7, 11) is 0. The van der Waals surface area contributed by atoms with E-state index in [2.05, 4.69) is 48.5 Å². The van der Waals surface area contributed by atoms with E-state index < -0.39 is 0 Å². The molecule has 0 fully saturated rings. The van der Waals surface area contributed by atoms with E-state index in [0.717, 1.165) is 0 Å². The molecule has 3 rings (SSSR count). The van der Waals surface area contributed by atoms with Gasteiger partial charge in [0.15, 0.2) is 12.6 Å². The minimum atomic E-state index is 0.442. The zero-order chi connectivity index (χ0) is 15.6. The van der Waals surface area contributed by atoms with E-state index in [-0.39, 0.29) is 0 Å². The first-order valence-corrected chi connectivity index (χ1v) is 6.95. The second kappa shape index (κ2) is 8.32. The molecule has 0 aliphatic carbocycles. The Morgan fingerprint density at radius 2 is 0.773 bits per heavy atom. The summed E-state index contributed by atoms with van der Waals surface area (Å²) in [4.78, 5) is 20.5. The lowest BCUT2D eigenvalue weighted by molar-refractivity contribution is 0.109. The number of rotatable bonds is 3. The second-order valence-corrected chi connectivity index (χ2v) is 4.60. The van der Waals surface area contributed by atoms with E-state index in [0.29, 0.717) is 23.7 Å². The minimum Gasteiger partial charge on any atom is -0.298 e. The van der Waals surface area contributed by atoms with E-state index >= 15 is 0 Å². The molecule has 0 atom stereocenters. The first kappa shape index (κ1) is 15.4. The highest BCUT2D eigenvalue weighted by Gasteiger charge is 1.95. The molecular formula is C20H16O2. The zero-order valence-electron chi connectivity index (χ0n) is 12.1. The molecule has 0 aliphatic rings. The van der Waals surface area contributed by atoms with Gasteiger partial charge in [-0.3, -0.25) is 9.59 Å². The first-order chi connectivity index (χ1) is 10.8. The van der Waals surface area contributed by atoms with Crippen molar-refractivity contribution >= 4 is 12.6 Å². The van der Waals surface area contributed by atoms with Crippen LogP contribution in [-0.2, 0) is 0 Å². The Labute approximate surface area is 130 Å². The van der Waals surface area contributed by atoms with Crippen molar-refractivity contribution in [2.24, 2.45) is 0 Å². The van der Waals surface area contributed by atoms with Gasteiger partial charge in [0.2, 0.25) is 0 Å². The van der Waals surface area contributed by atoms with E-state index in [1.54, 1.807) is 24.3 Å². The fraction of sp³-hybridized carbons (Fsp3) is 0. The molecule has 0 spiro atoms. The van der Waals surface area contributed by atoms with Gasteiger partial charge >= 0.3 is 0 Å². The Hall–Kier alpha value is -3.00. The molecule has 0 aromatic heterocycles. The third-order valence-corrected chi connectivity index (χ3v) is 3.13. The van der Waals surface area contributed by atoms with Crippen molar-refractivity contribution in [3.05, 3.63) is 96.1 Å². The van der Waals surface area contributed by atoms with Gasteiger partial charge in [-0.1, -0.05) is 84.9 Å². The summed E-state index contributed by atoms with van der Waals surface area (Å²) in [5.41, 5.74) is 3.44. The molecule has 0 radical (unpaired) electrons. The van der Waals surface area contributed by atoms with E-state index in [1.807, 2.05) is 12.1 Å². The van der Waals surface area contributed by atoms with Gasteiger partial charge in [0.25, 0.3) is 0 Å². The molecule has 0 amide bonds. The van der Waals surface area contributed by atoms with Crippen LogP contribution in [0.4, 0.5) is 0 Å². The van der Waals surface area contributed by atoms with Crippen molar-refractivity contribution in [3.63, 3.8) is 0 Å². The summed E-state index contributed by atoms with van der Waals surface area (Å²) in [6.45, 7) is 0. The smallest absolute Gasteiger partial charge is 0.150 e. The number of benzene rings is 3. The van der Waals surface area contributed by atoms with Crippen LogP contribution in [0, 0.1) is 0 Å². The number of aldehydes is 2. The summed E-state index contributed by atoms with van der Waals surface area (Å²) in [5, 5.41) is 0. The van der Waals surface area contributed by atoms with Gasteiger partial charge in [0, 0.05) is 11.1 Å². The number of hydrogen-bond acceptors (Lipinski definition) is 2. The molecule has 0 bridgehead atoms. The van der Waals surface area contributed by atoms with Crippen LogP contribution in [0.2, 0.25) is 0 Å². The maximum Gasteiger partial charge on any atom is 0.150 e. The van der Waals surface area contributed by atoms with Crippen LogP contribution in [0.3, 0.4) is 0 Å². The lowest BCUT2D eigenvalue weighted by atomic mass is 10.1. The van der Waals surface area contributed by atoms with Crippen LogP contribution in [-0.4, -0.2) is 12.6 Å². The Bertz CT molecular complexity index is 654. The Kier molecular flexibility index (Phi) is 5.82. The Morgan fingerprint density at radius 3 is 1.09 bits per heavy atom. The topological polar surface area (TPSA) is 34.1 Å². The van der Waals surface area contributed by atoms with Gasteiger partial charge in [-0.15, -0.1) is 0 Å². The minimum absolute atomic E-state index is 0.442. The highest BCUT2D eigenvalue weighted by molar-refractivity contribution is 5.90. The normalized spacial score (nSPS) is 9.27. The lowest BCUT2D eigenvalue weighted by Crippen LogP contribution is -1.87. The highest BCUT2D eigenvalue weighted by atomic mass is 16.1. The van der Waals surface area contributed by atoms with Crippen molar-refractivity contribution in [2.75, 3.05) is 0 Å². The predicted molar refractivity (Wildman–Crippen MR) is 89.1 cm³/mol. The van der Waals surface area contributed by atoms with Crippen LogP contribution in [0.15, 0.2) is 84.9 Å². The third-order valence-electron chi connectivity index (χ3n) is 3.13. The molecule has 0 heterocycles. The molecule has 0 saturated heterocycles. The van der Waals surface area contributed by atoms with E-state index in [1.165, 1.54) is 11.1 Å². The summed E-state index contributed by atoms with van der Waals surface area (Å²) < 4.78 is 0. The monoisotopic (exact) mass is 288 g/mol. The van der Waals surface area contributed by atoms with Crippen molar-refractivity contribution < 1.29 is 9.59 Å². The summed E-state index contributed by atoms with van der Waals surface area (Å²) in [6.07, 6.45) is 1.34. The Balaban J connectivity index is 0.000000164. The molecule has 22 heavy (non-hydrogen) atoms. The van der Waals surface area contributed by atoms with Crippen LogP contribution in [0.5, 0.6) is 0 Å². The standard InChI is InChI=1S/C12H10.C8H6O2/c1-3-7-11(8-4-1)12-9-5-2-6-10-12;9-5-7-3-1-2-4-8(7)6-10/h1-10H;1-6H. The number of hydrogen-bond donors (Lipinski definition) is 0. The summed E-state index contributed by atoms with van der Waals surface area (Å²) >= 11 is 0. The van der Waals surface area contributed by atoms with Crippen molar-refractivity contribution in [1.29, 1.82) is 0 Å². The molecule has 2 nitrogen and oxygen atoms in total. The van der Waals surface area contributed by atoms with Crippen molar-refractivity contribution in [2.45, 2.75) is 0 Å². The van der Waals surface area contributed by atoms with Gasteiger partial charge < -0.3 is 0 Å². The highest BCUT2D eigenvalue weighted by Crippen LogP contribution is 2.17. The average molecular weight is 288 g/mol. The first-order valence-electron chi connectivity index (χ1n) is 6.95.